The third kappa shape index (κ3) is 3.40. The molecule has 0 heterocycles. The van der Waals surface area contributed by atoms with E-state index in [0.717, 1.165) is 12.8 Å². The van der Waals surface area contributed by atoms with E-state index in [1.807, 2.05) is 0 Å². The van der Waals surface area contributed by atoms with Crippen molar-refractivity contribution in [1.29, 1.82) is 0 Å². The quantitative estimate of drug-likeness (QED) is 0.905. The molecule has 0 saturated heterocycles. The minimum Gasteiger partial charge on any atom is -0.309 e. The van der Waals surface area contributed by atoms with Gasteiger partial charge in [0.1, 0.15) is 0 Å². The van der Waals surface area contributed by atoms with E-state index in [-0.39, 0.29) is 11.8 Å². The largest absolute Gasteiger partial charge is 0.309 e. The van der Waals surface area contributed by atoms with E-state index in [1.165, 1.54) is 15.4 Å². The highest BCUT2D eigenvalue weighted by Crippen LogP contribution is 2.36. The Labute approximate surface area is 122 Å². The highest BCUT2D eigenvalue weighted by atomic mass is 32.2. The van der Waals surface area contributed by atoms with E-state index in [2.05, 4.69) is 36.5 Å². The summed E-state index contributed by atoms with van der Waals surface area (Å²) in [5, 5.41) is 3.40. The second-order valence-corrected chi connectivity index (χ2v) is 8.01. The fourth-order valence-corrected chi connectivity index (χ4v) is 3.50. The van der Waals surface area contributed by atoms with Crippen molar-refractivity contribution in [2.75, 3.05) is 26.4 Å². The molecule has 0 bridgehead atoms. The maximum atomic E-state index is 11.8. The molecule has 0 saturated carbocycles. The molecule has 2 atom stereocenters. The summed E-state index contributed by atoms with van der Waals surface area (Å²) in [4.78, 5) is 0. The maximum absolute atomic E-state index is 11.8. The van der Waals surface area contributed by atoms with Gasteiger partial charge in [0.05, 0.1) is 5.75 Å². The zero-order valence-corrected chi connectivity index (χ0v) is 13.3. The summed E-state index contributed by atoms with van der Waals surface area (Å²) in [5.74, 6) is 0.739. The Morgan fingerprint density at radius 1 is 1.20 bits per heavy atom. The Balaban J connectivity index is 2.00. The average Bonchev–Trinajstić information content (AvgIpc) is 2.41. The molecule has 0 aromatic heterocycles. The van der Waals surface area contributed by atoms with Crippen LogP contribution in [0.15, 0.2) is 24.3 Å². The van der Waals surface area contributed by atoms with E-state index in [9.17, 15) is 8.42 Å². The van der Waals surface area contributed by atoms with Crippen molar-refractivity contribution in [3.8, 4) is 0 Å². The Morgan fingerprint density at radius 2 is 1.85 bits per heavy atom. The molecule has 0 aliphatic heterocycles. The summed E-state index contributed by atoms with van der Waals surface area (Å²) >= 11 is 0. The number of fused-ring (bicyclic) bond motifs is 1. The van der Waals surface area contributed by atoms with Crippen LogP contribution in [0.25, 0.3) is 0 Å². The lowest BCUT2D eigenvalue weighted by Crippen LogP contribution is -2.34. The van der Waals surface area contributed by atoms with Gasteiger partial charge in [-0.05, 0) is 29.9 Å². The van der Waals surface area contributed by atoms with Crippen LogP contribution in [0.3, 0.4) is 0 Å². The smallest absolute Gasteiger partial charge is 0.214 e. The van der Waals surface area contributed by atoms with Crippen molar-refractivity contribution in [3.63, 3.8) is 0 Å². The van der Waals surface area contributed by atoms with E-state index in [0.29, 0.717) is 12.5 Å². The van der Waals surface area contributed by atoms with Crippen LogP contribution in [0.5, 0.6) is 0 Å². The number of nitrogens with one attached hydrogen (secondary N) is 1. The van der Waals surface area contributed by atoms with Gasteiger partial charge in [0.15, 0.2) is 0 Å². The Kier molecular flexibility index (Phi) is 4.83. The molecule has 0 radical (unpaired) electrons. The van der Waals surface area contributed by atoms with Crippen molar-refractivity contribution in [1.82, 2.24) is 9.62 Å². The topological polar surface area (TPSA) is 49.4 Å². The predicted molar refractivity (Wildman–Crippen MR) is 82.3 cm³/mol. The molecular formula is C15H24N2O2S. The Hall–Kier alpha value is -0.910. The average molecular weight is 296 g/mol. The molecule has 1 N–H and O–H groups in total. The molecule has 1 aliphatic carbocycles. The van der Waals surface area contributed by atoms with Crippen LogP contribution < -0.4 is 5.32 Å². The van der Waals surface area contributed by atoms with Crippen molar-refractivity contribution >= 4 is 10.0 Å². The van der Waals surface area contributed by atoms with Crippen LogP contribution in [0.1, 0.15) is 42.9 Å². The summed E-state index contributed by atoms with van der Waals surface area (Å²) in [6, 6.07) is 8.75. The monoisotopic (exact) mass is 296 g/mol. The van der Waals surface area contributed by atoms with Gasteiger partial charge >= 0.3 is 0 Å². The second-order valence-electron chi connectivity index (χ2n) is 5.71. The molecule has 0 spiro atoms. The summed E-state index contributed by atoms with van der Waals surface area (Å²) in [5.41, 5.74) is 2.72. The van der Waals surface area contributed by atoms with E-state index in [1.54, 1.807) is 14.1 Å². The molecule has 2 rings (SSSR count). The van der Waals surface area contributed by atoms with Gasteiger partial charge in [-0.3, -0.25) is 0 Å². The van der Waals surface area contributed by atoms with Crippen molar-refractivity contribution in [2.45, 2.75) is 31.7 Å². The van der Waals surface area contributed by atoms with E-state index in [4.69, 9.17) is 0 Å². The number of hydrogen-bond acceptors (Lipinski definition) is 3. The first-order chi connectivity index (χ1) is 9.42. The van der Waals surface area contributed by atoms with Crippen molar-refractivity contribution in [3.05, 3.63) is 35.4 Å². The summed E-state index contributed by atoms with van der Waals surface area (Å²) in [6.07, 6.45) is 2.22. The molecule has 20 heavy (non-hydrogen) atoms. The number of nitrogens with zero attached hydrogens (tertiary/aromatic N) is 1. The van der Waals surface area contributed by atoms with E-state index < -0.39 is 10.0 Å². The van der Waals surface area contributed by atoms with Crippen molar-refractivity contribution < 1.29 is 8.42 Å². The predicted octanol–water partition coefficient (Wildman–Crippen LogP) is 2.11. The Morgan fingerprint density at radius 3 is 2.50 bits per heavy atom. The first-order valence-corrected chi connectivity index (χ1v) is 8.75. The van der Waals surface area contributed by atoms with Gasteiger partial charge in [-0.25, -0.2) is 12.7 Å². The van der Waals surface area contributed by atoms with Crippen LogP contribution >= 0.6 is 0 Å². The molecule has 1 aromatic carbocycles. The normalized spacial score (nSPS) is 22.8. The Bertz CT molecular complexity index is 555. The van der Waals surface area contributed by atoms with Crippen LogP contribution in [0, 0.1) is 0 Å². The fourth-order valence-electron chi connectivity index (χ4n) is 2.76. The highest BCUT2D eigenvalue weighted by molar-refractivity contribution is 7.89. The first kappa shape index (κ1) is 15.5. The number of sulfonamides is 1. The lowest BCUT2D eigenvalue weighted by molar-refractivity contribution is 0.438. The van der Waals surface area contributed by atoms with Gasteiger partial charge < -0.3 is 5.32 Å². The third-order valence-electron chi connectivity index (χ3n) is 4.10. The minimum atomic E-state index is -3.12. The maximum Gasteiger partial charge on any atom is 0.214 e. The molecule has 112 valence electrons. The number of benzene rings is 1. The van der Waals surface area contributed by atoms with Gasteiger partial charge in [-0.1, -0.05) is 31.2 Å². The SMILES string of the molecule is CC1CCC(NCCS(=O)(=O)N(C)C)c2ccccc21. The van der Waals surface area contributed by atoms with Gasteiger partial charge in [0, 0.05) is 26.7 Å². The van der Waals surface area contributed by atoms with Gasteiger partial charge in [-0.2, -0.15) is 0 Å². The molecule has 1 aliphatic rings. The summed E-state index contributed by atoms with van der Waals surface area (Å²) in [7, 11) is 0.0363. The lowest BCUT2D eigenvalue weighted by atomic mass is 9.81. The first-order valence-electron chi connectivity index (χ1n) is 7.14. The molecule has 0 amide bonds. The second kappa shape index (κ2) is 6.24. The number of rotatable bonds is 5. The standard InChI is InChI=1S/C15H24N2O2S/c1-12-8-9-15(14-7-5-4-6-13(12)14)16-10-11-20(18,19)17(2)3/h4-7,12,15-16H,8-11H2,1-3H3. The molecule has 0 fully saturated rings. The minimum absolute atomic E-state index is 0.147. The van der Waals surface area contributed by atoms with Crippen LogP contribution in [-0.4, -0.2) is 39.1 Å². The molecule has 4 nitrogen and oxygen atoms in total. The van der Waals surface area contributed by atoms with Gasteiger partial charge in [-0.15, -0.1) is 0 Å². The number of hydrogen-bond donors (Lipinski definition) is 1. The van der Waals surface area contributed by atoms with Gasteiger partial charge in [0.2, 0.25) is 10.0 Å². The van der Waals surface area contributed by atoms with Crippen LogP contribution in [-0.2, 0) is 10.0 Å². The molecule has 2 unspecified atom stereocenters. The van der Waals surface area contributed by atoms with Gasteiger partial charge in [0.25, 0.3) is 0 Å². The fraction of sp³-hybridized carbons (Fsp3) is 0.600. The van der Waals surface area contributed by atoms with E-state index >= 15 is 0 Å². The van der Waals surface area contributed by atoms with Crippen LogP contribution in [0.4, 0.5) is 0 Å². The molecule has 1 aromatic rings. The van der Waals surface area contributed by atoms with Crippen molar-refractivity contribution in [2.24, 2.45) is 0 Å². The summed E-state index contributed by atoms with van der Waals surface area (Å²) in [6.45, 7) is 2.75. The lowest BCUT2D eigenvalue weighted by Gasteiger charge is -2.30. The molecule has 5 heteroatoms. The molecular weight excluding hydrogens is 272 g/mol. The third-order valence-corrected chi connectivity index (χ3v) is 5.93. The van der Waals surface area contributed by atoms with Crippen LogP contribution in [0.2, 0.25) is 0 Å². The summed E-state index contributed by atoms with van der Waals surface area (Å²) < 4.78 is 24.8. The zero-order chi connectivity index (χ0) is 14.8. The highest BCUT2D eigenvalue weighted by Gasteiger charge is 2.24. The zero-order valence-electron chi connectivity index (χ0n) is 12.5.